The van der Waals surface area contributed by atoms with Gasteiger partial charge in [0.25, 0.3) is 11.5 Å². The van der Waals surface area contributed by atoms with Crippen LogP contribution in [0.3, 0.4) is 0 Å². The molecule has 0 aliphatic carbocycles. The lowest BCUT2D eigenvalue weighted by molar-refractivity contribution is 0.102. The second-order valence-corrected chi connectivity index (χ2v) is 7.18. The Labute approximate surface area is 176 Å². The van der Waals surface area contributed by atoms with Gasteiger partial charge in [0.2, 0.25) is 0 Å². The number of hydrogen-bond donors (Lipinski definition) is 2. The minimum absolute atomic E-state index is 0.258. The second-order valence-electron chi connectivity index (χ2n) is 7.18. The number of aryl methyl sites for hydroxylation is 1. The van der Waals surface area contributed by atoms with Gasteiger partial charge >= 0.3 is 0 Å². The summed E-state index contributed by atoms with van der Waals surface area (Å²) in [7, 11) is 0. The van der Waals surface area contributed by atoms with Crippen molar-refractivity contribution in [3.63, 3.8) is 0 Å². The highest BCUT2D eigenvalue weighted by molar-refractivity contribution is 6.09. The van der Waals surface area contributed by atoms with Crippen LogP contribution in [0.5, 0.6) is 11.5 Å². The molecule has 1 heterocycles. The van der Waals surface area contributed by atoms with Crippen molar-refractivity contribution >= 4 is 22.5 Å². The van der Waals surface area contributed by atoms with Crippen molar-refractivity contribution in [1.29, 1.82) is 0 Å². The topological polar surface area (TPSA) is 80.6 Å². The van der Waals surface area contributed by atoms with Crippen LogP contribution in [0.2, 0.25) is 0 Å². The van der Waals surface area contributed by atoms with Crippen LogP contribution in [-0.2, 0) is 6.54 Å². The summed E-state index contributed by atoms with van der Waals surface area (Å²) in [6, 6.07) is 14.0. The van der Waals surface area contributed by atoms with Gasteiger partial charge in [-0.1, -0.05) is 38.3 Å². The van der Waals surface area contributed by atoms with Crippen LogP contribution in [0, 0.1) is 0 Å². The summed E-state index contributed by atoms with van der Waals surface area (Å²) in [6.45, 7) is 5.05. The van der Waals surface area contributed by atoms with Crippen molar-refractivity contribution in [3.8, 4) is 11.5 Å². The monoisotopic (exact) mass is 408 g/mol. The van der Waals surface area contributed by atoms with Crippen LogP contribution in [0.25, 0.3) is 10.9 Å². The number of unbranched alkanes of at least 4 members (excludes halogenated alkanes) is 3. The number of ether oxygens (including phenoxy) is 1. The van der Waals surface area contributed by atoms with E-state index in [1.165, 1.54) is 17.4 Å². The normalized spacial score (nSPS) is 10.9. The lowest BCUT2D eigenvalue weighted by atomic mass is 10.1. The predicted molar refractivity (Wildman–Crippen MR) is 120 cm³/mol. The van der Waals surface area contributed by atoms with Crippen LogP contribution < -0.4 is 15.6 Å². The van der Waals surface area contributed by atoms with Crippen molar-refractivity contribution < 1.29 is 14.6 Å². The van der Waals surface area contributed by atoms with E-state index in [9.17, 15) is 14.7 Å². The molecule has 2 N–H and O–H groups in total. The Morgan fingerprint density at radius 3 is 2.47 bits per heavy atom. The van der Waals surface area contributed by atoms with Crippen molar-refractivity contribution in [1.82, 2.24) is 4.57 Å². The van der Waals surface area contributed by atoms with Gasteiger partial charge in [-0.15, -0.1) is 0 Å². The third-order valence-corrected chi connectivity index (χ3v) is 5.07. The molecule has 2 aromatic carbocycles. The quantitative estimate of drug-likeness (QED) is 0.492. The van der Waals surface area contributed by atoms with Gasteiger partial charge < -0.3 is 19.7 Å². The lowest BCUT2D eigenvalue weighted by Gasteiger charge is -2.14. The number of hydrogen-bond acceptors (Lipinski definition) is 4. The molecule has 0 saturated carbocycles. The summed E-state index contributed by atoms with van der Waals surface area (Å²) in [5.74, 6) is -0.213. The molecule has 6 heteroatoms. The Morgan fingerprint density at radius 2 is 1.77 bits per heavy atom. The molecule has 0 atom stereocenters. The molecule has 0 aliphatic heterocycles. The van der Waals surface area contributed by atoms with E-state index in [0.717, 1.165) is 18.6 Å². The van der Waals surface area contributed by atoms with E-state index in [4.69, 9.17) is 4.74 Å². The summed E-state index contributed by atoms with van der Waals surface area (Å²) < 4.78 is 7.19. The van der Waals surface area contributed by atoms with Gasteiger partial charge in [-0.05, 0) is 49.7 Å². The molecular weight excluding hydrogens is 380 g/mol. The Hall–Kier alpha value is -3.28. The maximum absolute atomic E-state index is 12.8. The average Bonchev–Trinajstić information content (AvgIpc) is 2.75. The minimum Gasteiger partial charge on any atom is -0.506 e. The standard InChI is InChI=1S/C24H28N2O4/c1-3-5-6-9-16-30-18-14-12-17(13-15-18)25-23(28)21-22(27)19-10-7-8-11-20(19)26(4-2)24(21)29/h7-8,10-15,27H,3-6,9,16H2,1-2H3,(H,25,28). The van der Waals surface area contributed by atoms with Crippen LogP contribution in [0.15, 0.2) is 53.3 Å². The maximum atomic E-state index is 12.8. The predicted octanol–water partition coefficient (Wildman–Crippen LogP) is 4.94. The Balaban J connectivity index is 1.76. The largest absolute Gasteiger partial charge is 0.506 e. The average molecular weight is 408 g/mol. The number of pyridine rings is 1. The molecule has 3 rings (SSSR count). The number of fused-ring (bicyclic) bond motifs is 1. The smallest absolute Gasteiger partial charge is 0.267 e. The molecule has 0 spiro atoms. The van der Waals surface area contributed by atoms with E-state index in [1.807, 2.05) is 6.92 Å². The number of rotatable bonds is 9. The Morgan fingerprint density at radius 1 is 1.03 bits per heavy atom. The molecule has 0 fully saturated rings. The first kappa shape index (κ1) is 21.4. The van der Waals surface area contributed by atoms with Gasteiger partial charge in [0.15, 0.2) is 0 Å². The maximum Gasteiger partial charge on any atom is 0.267 e. The molecule has 0 radical (unpaired) electrons. The first-order valence-corrected chi connectivity index (χ1v) is 10.5. The fourth-order valence-electron chi connectivity index (χ4n) is 3.46. The van der Waals surface area contributed by atoms with Crippen molar-refractivity contribution in [2.24, 2.45) is 0 Å². The van der Waals surface area contributed by atoms with E-state index in [-0.39, 0.29) is 11.3 Å². The third kappa shape index (κ3) is 4.64. The van der Waals surface area contributed by atoms with Gasteiger partial charge in [-0.25, -0.2) is 0 Å². The number of benzene rings is 2. The summed E-state index contributed by atoms with van der Waals surface area (Å²) in [4.78, 5) is 25.6. The van der Waals surface area contributed by atoms with Crippen molar-refractivity contribution in [2.75, 3.05) is 11.9 Å². The number of para-hydroxylation sites is 1. The van der Waals surface area contributed by atoms with E-state index in [0.29, 0.717) is 29.7 Å². The number of nitrogens with one attached hydrogen (secondary N) is 1. The van der Waals surface area contributed by atoms with E-state index in [2.05, 4.69) is 12.2 Å². The Bertz CT molecular complexity index is 1070. The highest BCUT2D eigenvalue weighted by Gasteiger charge is 2.21. The van der Waals surface area contributed by atoms with Crippen LogP contribution in [0.4, 0.5) is 5.69 Å². The summed E-state index contributed by atoms with van der Waals surface area (Å²) in [5, 5.41) is 13.8. The fraction of sp³-hybridized carbons (Fsp3) is 0.333. The molecule has 3 aromatic rings. The molecule has 158 valence electrons. The van der Waals surface area contributed by atoms with E-state index >= 15 is 0 Å². The molecule has 1 aromatic heterocycles. The second kappa shape index (κ2) is 9.96. The summed E-state index contributed by atoms with van der Waals surface area (Å²) >= 11 is 0. The van der Waals surface area contributed by atoms with Crippen LogP contribution in [-0.4, -0.2) is 22.2 Å². The van der Waals surface area contributed by atoms with Gasteiger partial charge in [-0.3, -0.25) is 9.59 Å². The molecule has 0 saturated heterocycles. The zero-order chi connectivity index (χ0) is 21.5. The zero-order valence-corrected chi connectivity index (χ0v) is 17.5. The van der Waals surface area contributed by atoms with Gasteiger partial charge in [0.05, 0.1) is 12.1 Å². The number of aromatic hydroxyl groups is 1. The Kier molecular flexibility index (Phi) is 7.12. The van der Waals surface area contributed by atoms with Crippen molar-refractivity contribution in [2.45, 2.75) is 46.1 Å². The van der Waals surface area contributed by atoms with Gasteiger partial charge in [0.1, 0.15) is 17.1 Å². The summed E-state index contributed by atoms with van der Waals surface area (Å²) in [5.41, 5.74) is 0.345. The molecule has 6 nitrogen and oxygen atoms in total. The summed E-state index contributed by atoms with van der Waals surface area (Å²) in [6.07, 6.45) is 4.55. The molecule has 0 aliphatic rings. The highest BCUT2D eigenvalue weighted by Crippen LogP contribution is 2.27. The number of nitrogens with zero attached hydrogens (tertiary/aromatic N) is 1. The number of carbonyl (C=O) groups is 1. The van der Waals surface area contributed by atoms with Crippen LogP contribution >= 0.6 is 0 Å². The molecule has 0 bridgehead atoms. The molecule has 1 amide bonds. The SMILES string of the molecule is CCCCCCOc1ccc(NC(=O)c2c(O)c3ccccc3n(CC)c2=O)cc1. The van der Waals surface area contributed by atoms with Gasteiger partial charge in [-0.2, -0.15) is 0 Å². The van der Waals surface area contributed by atoms with E-state index in [1.54, 1.807) is 48.5 Å². The van der Waals surface area contributed by atoms with Crippen molar-refractivity contribution in [3.05, 3.63) is 64.4 Å². The first-order valence-electron chi connectivity index (χ1n) is 10.5. The number of carbonyl (C=O) groups excluding carboxylic acids is 1. The zero-order valence-electron chi connectivity index (χ0n) is 17.5. The first-order chi connectivity index (χ1) is 14.6. The fourth-order valence-corrected chi connectivity index (χ4v) is 3.46. The third-order valence-electron chi connectivity index (χ3n) is 5.07. The number of amides is 1. The number of aromatic nitrogens is 1. The minimum atomic E-state index is -0.640. The van der Waals surface area contributed by atoms with Gasteiger partial charge in [0, 0.05) is 17.6 Å². The van der Waals surface area contributed by atoms with Crippen LogP contribution in [0.1, 0.15) is 49.9 Å². The lowest BCUT2D eigenvalue weighted by Crippen LogP contribution is -2.29. The van der Waals surface area contributed by atoms with E-state index < -0.39 is 11.5 Å². The highest BCUT2D eigenvalue weighted by atomic mass is 16.5. The molecule has 0 unspecified atom stereocenters. The molecule has 30 heavy (non-hydrogen) atoms. The molecular formula is C24H28N2O4. The number of anilines is 1.